The second-order valence-corrected chi connectivity index (χ2v) is 12.7. The van der Waals surface area contributed by atoms with E-state index in [4.69, 9.17) is 0 Å². The summed E-state index contributed by atoms with van der Waals surface area (Å²) in [6.07, 6.45) is 6.11. The minimum atomic E-state index is -4.49. The number of carbonyl (C=O) groups is 5. The molecular weight excluding hydrogens is 671 g/mol. The molecule has 0 unspecified atom stereocenters. The van der Waals surface area contributed by atoms with E-state index in [-0.39, 0.29) is 12.2 Å². The number of ketones is 1. The average Bonchev–Trinajstić information content (AvgIpc) is 3.06. The highest BCUT2D eigenvalue weighted by Crippen LogP contribution is 2.31. The number of nitrogens with one attached hydrogen (secondary N) is 1. The van der Waals surface area contributed by atoms with Crippen molar-refractivity contribution in [2.45, 2.75) is 115 Å². The average molecular weight is 720 g/mol. The highest BCUT2D eigenvalue weighted by Gasteiger charge is 2.49. The highest BCUT2D eigenvalue weighted by atomic mass is 19.4. The van der Waals surface area contributed by atoms with Crippen molar-refractivity contribution in [3.8, 4) is 11.1 Å². The predicted molar refractivity (Wildman–Crippen MR) is 184 cm³/mol. The first-order chi connectivity index (χ1) is 24.1. The van der Waals surface area contributed by atoms with Gasteiger partial charge in [0, 0.05) is 19.3 Å². The second kappa shape index (κ2) is 21.0. The Kier molecular flexibility index (Phi) is 17.5. The molecule has 1 amide bonds. The van der Waals surface area contributed by atoms with Crippen LogP contribution in [0.15, 0.2) is 60.7 Å². The second-order valence-electron chi connectivity index (χ2n) is 12.7. The van der Waals surface area contributed by atoms with Gasteiger partial charge in [-0.15, -0.1) is 0 Å². The molecule has 0 fully saturated rings. The number of carboxylic acids is 3. The Balaban J connectivity index is 2.05. The van der Waals surface area contributed by atoms with Gasteiger partial charge >= 0.3 is 24.1 Å². The van der Waals surface area contributed by atoms with Crippen molar-refractivity contribution in [1.29, 1.82) is 0 Å². The minimum absolute atomic E-state index is 0.237. The van der Waals surface area contributed by atoms with Gasteiger partial charge in [-0.2, -0.15) is 13.2 Å². The lowest BCUT2D eigenvalue weighted by atomic mass is 9.82. The zero-order valence-electron chi connectivity index (χ0n) is 28.8. The van der Waals surface area contributed by atoms with E-state index in [1.807, 2.05) is 0 Å². The van der Waals surface area contributed by atoms with Crippen LogP contribution in [0.2, 0.25) is 0 Å². The number of allylic oxidation sites excluding steroid dienone is 1. The van der Waals surface area contributed by atoms with Gasteiger partial charge in [0.05, 0.1) is 17.9 Å². The zero-order valence-corrected chi connectivity index (χ0v) is 28.8. The number of rotatable bonds is 24. The lowest BCUT2D eigenvalue weighted by Gasteiger charge is -2.29. The van der Waals surface area contributed by atoms with Crippen molar-refractivity contribution in [1.82, 2.24) is 5.32 Å². The van der Waals surface area contributed by atoms with Gasteiger partial charge in [0.1, 0.15) is 11.8 Å². The Hall–Kier alpha value is -4.52. The maximum atomic E-state index is 13.4. The number of carboxylic acid groups (broad SMARTS) is 3. The molecule has 10 nitrogen and oxygen atoms in total. The molecule has 0 saturated carbocycles. The maximum Gasteiger partial charge on any atom is 0.416 e. The molecule has 2 aromatic carbocycles. The summed E-state index contributed by atoms with van der Waals surface area (Å²) >= 11 is 0. The van der Waals surface area contributed by atoms with Gasteiger partial charge in [0.25, 0.3) is 0 Å². The van der Waals surface area contributed by atoms with Crippen LogP contribution in [-0.4, -0.2) is 61.7 Å². The van der Waals surface area contributed by atoms with Gasteiger partial charge in [0.2, 0.25) is 5.91 Å². The van der Waals surface area contributed by atoms with Crippen molar-refractivity contribution in [2.24, 2.45) is 5.92 Å². The fourth-order valence-electron chi connectivity index (χ4n) is 5.62. The van der Waals surface area contributed by atoms with E-state index < -0.39 is 59.5 Å². The molecule has 13 heteroatoms. The van der Waals surface area contributed by atoms with Crippen LogP contribution in [0.5, 0.6) is 0 Å². The Bertz CT molecular complexity index is 1470. The molecule has 0 heterocycles. The lowest BCUT2D eigenvalue weighted by molar-refractivity contribution is -0.172. The smallest absolute Gasteiger partial charge is 0.416 e. The Morgan fingerprint density at radius 3 is 1.78 bits per heavy atom. The van der Waals surface area contributed by atoms with Gasteiger partial charge in [-0.25, -0.2) is 9.59 Å². The summed E-state index contributed by atoms with van der Waals surface area (Å²) in [7, 11) is 0. The molecule has 0 aliphatic heterocycles. The van der Waals surface area contributed by atoms with Crippen molar-refractivity contribution >= 4 is 29.6 Å². The van der Waals surface area contributed by atoms with Crippen LogP contribution in [0, 0.1) is 5.92 Å². The normalized spacial score (nSPS) is 14.1. The van der Waals surface area contributed by atoms with Gasteiger partial charge in [0.15, 0.2) is 5.60 Å². The SMILES string of the molecule is CCCCCCCC(=O)CCCCCC/C=C/[C@H](C(=O)N[C@@H](Cc1ccc(-c2ccc(C(F)(F)F)cc2)cc1)C(=O)O)[C@@](O)(CC(=O)O)C(=O)O. The van der Waals surface area contributed by atoms with E-state index in [9.17, 15) is 57.6 Å². The summed E-state index contributed by atoms with van der Waals surface area (Å²) < 4.78 is 38.7. The molecular formula is C38H48F3NO9. The number of amides is 1. The van der Waals surface area contributed by atoms with E-state index in [2.05, 4.69) is 12.2 Å². The van der Waals surface area contributed by atoms with Gasteiger partial charge in [-0.1, -0.05) is 94.0 Å². The first-order valence-electron chi connectivity index (χ1n) is 17.2. The molecule has 3 atom stereocenters. The molecule has 5 N–H and O–H groups in total. The number of benzene rings is 2. The largest absolute Gasteiger partial charge is 0.481 e. The van der Waals surface area contributed by atoms with Crippen LogP contribution in [0.3, 0.4) is 0 Å². The fraction of sp³-hybridized carbons (Fsp3) is 0.500. The third-order valence-electron chi connectivity index (χ3n) is 8.61. The molecule has 0 saturated heterocycles. The molecule has 0 aliphatic rings. The Labute approximate surface area is 295 Å². The molecule has 2 rings (SSSR count). The fourth-order valence-corrected chi connectivity index (χ4v) is 5.62. The number of aliphatic carboxylic acids is 3. The van der Waals surface area contributed by atoms with Crippen LogP contribution < -0.4 is 5.32 Å². The van der Waals surface area contributed by atoms with E-state index >= 15 is 0 Å². The van der Waals surface area contributed by atoms with E-state index in [1.54, 1.807) is 12.1 Å². The number of alkyl halides is 3. The number of unbranched alkanes of at least 4 members (excludes halogenated alkanes) is 8. The maximum absolute atomic E-state index is 13.4. The number of Topliss-reactive ketones (excluding diaryl/α,β-unsaturated/α-hetero) is 1. The Morgan fingerprint density at radius 2 is 1.29 bits per heavy atom. The van der Waals surface area contributed by atoms with Crippen LogP contribution in [0.1, 0.15) is 102 Å². The third-order valence-corrected chi connectivity index (χ3v) is 8.61. The van der Waals surface area contributed by atoms with Crippen LogP contribution >= 0.6 is 0 Å². The highest BCUT2D eigenvalue weighted by molar-refractivity contribution is 5.94. The molecule has 280 valence electrons. The van der Waals surface area contributed by atoms with E-state index in [0.29, 0.717) is 42.4 Å². The van der Waals surface area contributed by atoms with Gasteiger partial charge in [-0.05, 0) is 54.5 Å². The summed E-state index contributed by atoms with van der Waals surface area (Å²) in [6.45, 7) is 2.13. The van der Waals surface area contributed by atoms with Crippen LogP contribution in [0.4, 0.5) is 13.2 Å². The molecule has 0 aliphatic carbocycles. The summed E-state index contributed by atoms with van der Waals surface area (Å²) in [6, 6.07) is 9.04. The number of hydrogen-bond acceptors (Lipinski definition) is 6. The van der Waals surface area contributed by atoms with Crippen molar-refractivity contribution < 1.29 is 57.6 Å². The molecule has 0 radical (unpaired) electrons. The topological polar surface area (TPSA) is 178 Å². The standard InChI is InChI=1S/C38H48F3NO9/c1-2-3-4-7-10-13-30(43)14-11-8-5-6-9-12-15-31(37(51,36(49)50)25-33(44)45)34(46)42-32(35(47)48)24-26-16-18-27(19-17-26)28-20-22-29(23-21-28)38(39,40)41/h12,15-23,31-32,51H,2-11,13-14,24-25H2,1H3,(H,42,46)(H,44,45)(H,47,48)(H,49,50)/b15-12+/t31-,32+,37+/m1/s1. The summed E-state index contributed by atoms with van der Waals surface area (Å²) in [5.41, 5.74) is -2.45. The van der Waals surface area contributed by atoms with Gasteiger partial charge in [-0.3, -0.25) is 14.4 Å². The summed E-state index contributed by atoms with van der Waals surface area (Å²) in [5, 5.41) is 42.1. The monoisotopic (exact) mass is 719 g/mol. The number of aliphatic hydroxyl groups is 1. The molecule has 0 bridgehead atoms. The van der Waals surface area contributed by atoms with E-state index in [1.165, 1.54) is 36.8 Å². The lowest BCUT2D eigenvalue weighted by Crippen LogP contribution is -2.55. The van der Waals surface area contributed by atoms with Crippen LogP contribution in [0.25, 0.3) is 11.1 Å². The molecule has 0 spiro atoms. The van der Waals surface area contributed by atoms with Crippen molar-refractivity contribution in [3.63, 3.8) is 0 Å². The molecule has 2 aromatic rings. The molecule has 0 aromatic heterocycles. The predicted octanol–water partition coefficient (Wildman–Crippen LogP) is 7.22. The van der Waals surface area contributed by atoms with Gasteiger partial charge < -0.3 is 25.7 Å². The number of halogens is 3. The quantitative estimate of drug-likeness (QED) is 0.0554. The first kappa shape index (κ1) is 42.6. The van der Waals surface area contributed by atoms with Crippen molar-refractivity contribution in [2.75, 3.05) is 0 Å². The molecule has 51 heavy (non-hydrogen) atoms. The summed E-state index contributed by atoms with van der Waals surface area (Å²) in [5.74, 6) is -8.07. The zero-order chi connectivity index (χ0) is 38.0. The van der Waals surface area contributed by atoms with E-state index in [0.717, 1.165) is 63.2 Å². The minimum Gasteiger partial charge on any atom is -0.481 e. The summed E-state index contributed by atoms with van der Waals surface area (Å²) in [4.78, 5) is 61.1. The third kappa shape index (κ3) is 14.7. The number of hydrogen-bond donors (Lipinski definition) is 5. The first-order valence-corrected chi connectivity index (χ1v) is 17.2. The van der Waals surface area contributed by atoms with Crippen molar-refractivity contribution in [3.05, 3.63) is 71.8 Å². The number of carbonyl (C=O) groups excluding carboxylic acids is 2. The Morgan fingerprint density at radius 1 is 0.765 bits per heavy atom. The van der Waals surface area contributed by atoms with Crippen LogP contribution in [-0.2, 0) is 36.6 Å².